The molecule has 0 aliphatic carbocycles. The van der Waals surface area contributed by atoms with Gasteiger partial charge in [0.2, 0.25) is 0 Å². The van der Waals surface area contributed by atoms with Gasteiger partial charge in [-0.2, -0.15) is 0 Å². The molecule has 1 aromatic rings. The van der Waals surface area contributed by atoms with E-state index < -0.39 is 17.2 Å². The average Bonchev–Trinajstić information content (AvgIpc) is 2.34. The van der Waals surface area contributed by atoms with Crippen LogP contribution in [0.4, 0.5) is 4.39 Å². The molecule has 0 aromatic heterocycles. The normalized spacial score (nSPS) is 14.1. The molecule has 94 valence electrons. The molecule has 0 bridgehead atoms. The number of esters is 1. The lowest BCUT2D eigenvalue weighted by Crippen LogP contribution is -2.44. The van der Waals surface area contributed by atoms with Crippen LogP contribution in [0.3, 0.4) is 0 Å². The highest BCUT2D eigenvalue weighted by molar-refractivity contribution is 5.83. The first-order chi connectivity index (χ1) is 8.12. The van der Waals surface area contributed by atoms with Crippen molar-refractivity contribution in [2.24, 2.45) is 5.73 Å². The molecule has 17 heavy (non-hydrogen) atoms. The van der Waals surface area contributed by atoms with Crippen LogP contribution in [-0.2, 0) is 14.9 Å². The molecule has 0 radical (unpaired) electrons. The minimum absolute atomic E-state index is 0.0310. The van der Waals surface area contributed by atoms with Gasteiger partial charge in [-0.1, -0.05) is 25.1 Å². The average molecular weight is 239 g/mol. The summed E-state index contributed by atoms with van der Waals surface area (Å²) in [6.07, 6.45) is 0.406. The highest BCUT2D eigenvalue weighted by Crippen LogP contribution is 2.30. The molecule has 0 aliphatic rings. The van der Waals surface area contributed by atoms with Gasteiger partial charge in [0.25, 0.3) is 0 Å². The fraction of sp³-hybridized carbons (Fsp3) is 0.462. The van der Waals surface area contributed by atoms with Crippen molar-refractivity contribution in [3.63, 3.8) is 0 Å². The fourth-order valence-electron chi connectivity index (χ4n) is 1.90. The van der Waals surface area contributed by atoms with Crippen LogP contribution in [0.1, 0.15) is 25.8 Å². The number of carbonyl (C=O) groups is 1. The van der Waals surface area contributed by atoms with Gasteiger partial charge in [-0.05, 0) is 19.4 Å². The minimum atomic E-state index is -1.08. The molecule has 0 amide bonds. The maximum atomic E-state index is 13.8. The van der Waals surface area contributed by atoms with E-state index in [0.29, 0.717) is 12.0 Å². The summed E-state index contributed by atoms with van der Waals surface area (Å²) in [5.41, 5.74) is 4.91. The van der Waals surface area contributed by atoms with Gasteiger partial charge in [0.05, 0.1) is 6.61 Å². The Kier molecular flexibility index (Phi) is 4.63. The third-order valence-electron chi connectivity index (χ3n) is 3.01. The number of nitrogens with two attached hydrogens (primary N) is 1. The molecule has 0 saturated heterocycles. The van der Waals surface area contributed by atoms with E-state index in [-0.39, 0.29) is 13.2 Å². The Morgan fingerprint density at radius 1 is 1.41 bits per heavy atom. The van der Waals surface area contributed by atoms with Gasteiger partial charge >= 0.3 is 5.97 Å². The molecule has 0 aliphatic heterocycles. The minimum Gasteiger partial charge on any atom is -0.465 e. The third-order valence-corrected chi connectivity index (χ3v) is 3.01. The molecule has 1 aromatic carbocycles. The van der Waals surface area contributed by atoms with Crippen molar-refractivity contribution in [2.75, 3.05) is 13.2 Å². The second-order valence-electron chi connectivity index (χ2n) is 3.84. The largest absolute Gasteiger partial charge is 0.465 e. The summed E-state index contributed by atoms with van der Waals surface area (Å²) in [5, 5.41) is 0. The van der Waals surface area contributed by atoms with Gasteiger partial charge in [0.15, 0.2) is 0 Å². The summed E-state index contributed by atoms with van der Waals surface area (Å²) in [7, 11) is 0. The lowest BCUT2D eigenvalue weighted by molar-refractivity contribution is -0.150. The number of rotatable bonds is 5. The van der Waals surface area contributed by atoms with Crippen molar-refractivity contribution in [2.45, 2.75) is 25.7 Å². The van der Waals surface area contributed by atoms with E-state index in [2.05, 4.69) is 0 Å². The van der Waals surface area contributed by atoms with Gasteiger partial charge in [-0.25, -0.2) is 4.39 Å². The number of halogens is 1. The first-order valence-corrected chi connectivity index (χ1v) is 5.74. The molecule has 3 nitrogen and oxygen atoms in total. The summed E-state index contributed by atoms with van der Waals surface area (Å²) < 4.78 is 18.8. The molecule has 2 N–H and O–H groups in total. The first kappa shape index (κ1) is 13.6. The van der Waals surface area contributed by atoms with E-state index in [9.17, 15) is 9.18 Å². The van der Waals surface area contributed by atoms with Crippen molar-refractivity contribution < 1.29 is 13.9 Å². The quantitative estimate of drug-likeness (QED) is 0.799. The van der Waals surface area contributed by atoms with E-state index in [1.807, 2.05) is 0 Å². The molecule has 0 saturated carbocycles. The predicted octanol–water partition coefficient (Wildman–Crippen LogP) is 2.00. The zero-order valence-electron chi connectivity index (χ0n) is 10.2. The van der Waals surface area contributed by atoms with Gasteiger partial charge in [0, 0.05) is 12.1 Å². The van der Waals surface area contributed by atoms with Crippen molar-refractivity contribution in [3.05, 3.63) is 35.6 Å². The molecule has 1 rings (SSSR count). The Morgan fingerprint density at radius 3 is 2.53 bits per heavy atom. The number of hydrogen-bond acceptors (Lipinski definition) is 3. The van der Waals surface area contributed by atoms with Gasteiger partial charge in [-0.15, -0.1) is 0 Å². The maximum Gasteiger partial charge on any atom is 0.317 e. The monoisotopic (exact) mass is 239 g/mol. The summed E-state index contributed by atoms with van der Waals surface area (Å²) in [6, 6.07) is 6.19. The van der Waals surface area contributed by atoms with E-state index in [0.717, 1.165) is 0 Å². The van der Waals surface area contributed by atoms with Crippen molar-refractivity contribution >= 4 is 5.97 Å². The highest BCUT2D eigenvalue weighted by Gasteiger charge is 2.40. The van der Waals surface area contributed by atoms with E-state index in [1.165, 1.54) is 6.07 Å². The maximum absolute atomic E-state index is 13.8. The van der Waals surface area contributed by atoms with E-state index >= 15 is 0 Å². The second kappa shape index (κ2) is 5.77. The van der Waals surface area contributed by atoms with Crippen LogP contribution < -0.4 is 5.73 Å². The van der Waals surface area contributed by atoms with Crippen LogP contribution in [0.25, 0.3) is 0 Å². The Morgan fingerprint density at radius 2 is 2.06 bits per heavy atom. The Labute approximate surface area is 101 Å². The molecule has 0 fully saturated rings. The molecule has 1 atom stereocenters. The van der Waals surface area contributed by atoms with Crippen LogP contribution in [0.2, 0.25) is 0 Å². The van der Waals surface area contributed by atoms with Gasteiger partial charge in [0.1, 0.15) is 11.2 Å². The zero-order chi connectivity index (χ0) is 12.9. The molecule has 1 unspecified atom stereocenters. The molecule has 0 spiro atoms. The van der Waals surface area contributed by atoms with Crippen LogP contribution in [-0.4, -0.2) is 19.1 Å². The number of hydrogen-bond donors (Lipinski definition) is 1. The lowest BCUT2D eigenvalue weighted by atomic mass is 9.78. The summed E-state index contributed by atoms with van der Waals surface area (Å²) >= 11 is 0. The molecular formula is C13H18FNO2. The van der Waals surface area contributed by atoms with Crippen LogP contribution in [0.5, 0.6) is 0 Å². The van der Waals surface area contributed by atoms with Gasteiger partial charge < -0.3 is 10.5 Å². The molecule has 0 heterocycles. The predicted molar refractivity (Wildman–Crippen MR) is 64.1 cm³/mol. The zero-order valence-corrected chi connectivity index (χ0v) is 10.2. The van der Waals surface area contributed by atoms with Crippen molar-refractivity contribution in [1.82, 2.24) is 0 Å². The Balaban J connectivity index is 3.25. The van der Waals surface area contributed by atoms with Crippen LogP contribution in [0, 0.1) is 5.82 Å². The van der Waals surface area contributed by atoms with Crippen LogP contribution in [0.15, 0.2) is 24.3 Å². The number of carbonyl (C=O) groups excluding carboxylic acids is 1. The Bertz CT molecular complexity index is 389. The smallest absolute Gasteiger partial charge is 0.317 e. The second-order valence-corrected chi connectivity index (χ2v) is 3.84. The standard InChI is InChI=1S/C13H18FNO2/c1-3-13(9-15,12(16)17-4-2)10-7-5-6-8-11(10)14/h5-8H,3-4,9,15H2,1-2H3. The van der Waals surface area contributed by atoms with E-state index in [1.54, 1.807) is 32.0 Å². The molecular weight excluding hydrogens is 221 g/mol. The summed E-state index contributed by atoms with van der Waals surface area (Å²) in [5.74, 6) is -0.886. The molecule has 4 heteroatoms. The van der Waals surface area contributed by atoms with Crippen LogP contribution >= 0.6 is 0 Å². The van der Waals surface area contributed by atoms with Gasteiger partial charge in [-0.3, -0.25) is 4.79 Å². The SMILES string of the molecule is CCOC(=O)C(CC)(CN)c1ccccc1F. The lowest BCUT2D eigenvalue weighted by Gasteiger charge is -2.29. The van der Waals surface area contributed by atoms with Crippen molar-refractivity contribution in [3.8, 4) is 0 Å². The highest BCUT2D eigenvalue weighted by atomic mass is 19.1. The number of benzene rings is 1. The first-order valence-electron chi connectivity index (χ1n) is 5.74. The fourth-order valence-corrected chi connectivity index (χ4v) is 1.90. The third kappa shape index (κ3) is 2.47. The number of ether oxygens (including phenoxy) is 1. The Hall–Kier alpha value is -1.42. The summed E-state index contributed by atoms with van der Waals surface area (Å²) in [6.45, 7) is 3.81. The van der Waals surface area contributed by atoms with E-state index in [4.69, 9.17) is 10.5 Å². The topological polar surface area (TPSA) is 52.3 Å². The van der Waals surface area contributed by atoms with Crippen molar-refractivity contribution in [1.29, 1.82) is 0 Å². The summed E-state index contributed by atoms with van der Waals surface area (Å²) in [4.78, 5) is 12.0.